The first-order chi connectivity index (χ1) is 12.7. The van der Waals surface area contributed by atoms with E-state index >= 15 is 0 Å². The number of aliphatic carboxylic acids is 1. The Bertz CT molecular complexity index is 1090. The average Bonchev–Trinajstić information content (AvgIpc) is 3.09. The lowest BCUT2D eigenvalue weighted by Gasteiger charge is -2.06. The Labute approximate surface area is 155 Å². The van der Waals surface area contributed by atoms with Gasteiger partial charge in [-0.15, -0.1) is 11.3 Å². The molecular weight excluding hydrogens is 342 g/mol. The molecule has 0 spiro atoms. The van der Waals surface area contributed by atoms with Crippen molar-refractivity contribution in [3.8, 4) is 0 Å². The molecule has 1 N–H and O–H groups in total. The average molecular weight is 359 g/mol. The molecular formula is C22H17NO2S. The Balaban J connectivity index is 1.84. The van der Waals surface area contributed by atoms with Gasteiger partial charge in [0.25, 0.3) is 0 Å². The zero-order valence-corrected chi connectivity index (χ0v) is 14.9. The Morgan fingerprint density at radius 1 is 0.962 bits per heavy atom. The van der Waals surface area contributed by atoms with Crippen molar-refractivity contribution in [2.75, 3.05) is 0 Å². The summed E-state index contributed by atoms with van der Waals surface area (Å²) in [7, 11) is 0. The second kappa shape index (κ2) is 7.10. The van der Waals surface area contributed by atoms with Crippen molar-refractivity contribution >= 4 is 49.9 Å². The summed E-state index contributed by atoms with van der Waals surface area (Å²) in [6.45, 7) is 0. The van der Waals surface area contributed by atoms with Crippen LogP contribution < -0.4 is 0 Å². The summed E-state index contributed by atoms with van der Waals surface area (Å²) < 4.78 is 1.11. The van der Waals surface area contributed by atoms with Crippen molar-refractivity contribution < 1.29 is 9.90 Å². The van der Waals surface area contributed by atoms with Crippen LogP contribution in [0.4, 0.5) is 0 Å². The summed E-state index contributed by atoms with van der Waals surface area (Å²) in [4.78, 5) is 15.9. The van der Waals surface area contributed by atoms with Crippen LogP contribution in [0.15, 0.2) is 66.7 Å². The van der Waals surface area contributed by atoms with Crippen LogP contribution in [0.5, 0.6) is 0 Å². The molecule has 4 rings (SSSR count). The number of rotatable bonds is 5. The third-order valence-electron chi connectivity index (χ3n) is 4.33. The molecule has 4 heteroatoms. The molecule has 0 unspecified atom stereocenters. The number of carboxylic acids is 1. The van der Waals surface area contributed by atoms with Gasteiger partial charge in [-0.3, -0.25) is 4.79 Å². The van der Waals surface area contributed by atoms with Crippen LogP contribution in [-0.2, 0) is 4.79 Å². The summed E-state index contributed by atoms with van der Waals surface area (Å²) >= 11 is 1.61. The third-order valence-corrected chi connectivity index (χ3v) is 5.44. The monoisotopic (exact) mass is 359 g/mol. The normalized spacial score (nSPS) is 11.9. The number of para-hydroxylation sites is 1. The predicted molar refractivity (Wildman–Crippen MR) is 108 cm³/mol. The van der Waals surface area contributed by atoms with E-state index in [1.807, 2.05) is 42.5 Å². The van der Waals surface area contributed by atoms with E-state index in [0.717, 1.165) is 31.7 Å². The number of thiazole rings is 1. The van der Waals surface area contributed by atoms with Crippen LogP contribution in [-0.4, -0.2) is 16.1 Å². The number of carbonyl (C=O) groups is 1. The standard InChI is InChI=1S/C22H17NO2S/c24-21(25)13-12-17(22-23-19-10-3-4-11-20(19)26-22)14-16-8-5-7-15-6-1-2-9-18(15)16/h1-11,14H,12-13H2,(H,24,25)/b17-14-. The number of allylic oxidation sites excluding steroid dienone is 1. The maximum absolute atomic E-state index is 11.1. The first-order valence-electron chi connectivity index (χ1n) is 8.47. The van der Waals surface area contributed by atoms with Crippen LogP contribution in [0.1, 0.15) is 23.4 Å². The SMILES string of the molecule is O=C(O)CC/C(=C/c1cccc2ccccc12)c1nc2ccccc2s1. The maximum atomic E-state index is 11.1. The number of hydrogen-bond acceptors (Lipinski definition) is 3. The molecule has 128 valence electrons. The van der Waals surface area contributed by atoms with E-state index in [4.69, 9.17) is 10.1 Å². The van der Waals surface area contributed by atoms with E-state index in [1.54, 1.807) is 11.3 Å². The van der Waals surface area contributed by atoms with Crippen LogP contribution in [0, 0.1) is 0 Å². The number of aromatic nitrogens is 1. The molecule has 0 fully saturated rings. The van der Waals surface area contributed by atoms with Gasteiger partial charge in [0.15, 0.2) is 0 Å². The molecule has 0 amide bonds. The van der Waals surface area contributed by atoms with Gasteiger partial charge < -0.3 is 5.11 Å². The first-order valence-corrected chi connectivity index (χ1v) is 9.28. The van der Waals surface area contributed by atoms with E-state index in [2.05, 4.69) is 30.3 Å². The molecule has 0 saturated heterocycles. The first kappa shape index (κ1) is 16.5. The minimum absolute atomic E-state index is 0.0898. The number of carboxylic acid groups (broad SMARTS) is 1. The number of hydrogen-bond donors (Lipinski definition) is 1. The molecule has 0 aliphatic heterocycles. The molecule has 0 atom stereocenters. The van der Waals surface area contributed by atoms with Gasteiger partial charge in [-0.05, 0) is 46.5 Å². The highest BCUT2D eigenvalue weighted by atomic mass is 32.1. The highest BCUT2D eigenvalue weighted by molar-refractivity contribution is 7.19. The minimum Gasteiger partial charge on any atom is -0.481 e. The Morgan fingerprint density at radius 3 is 2.58 bits per heavy atom. The molecule has 4 aromatic rings. The van der Waals surface area contributed by atoms with E-state index in [9.17, 15) is 4.79 Å². The summed E-state index contributed by atoms with van der Waals surface area (Å²) in [5, 5.41) is 12.4. The molecule has 0 aliphatic rings. The van der Waals surface area contributed by atoms with Gasteiger partial charge in [-0.2, -0.15) is 0 Å². The number of fused-ring (bicyclic) bond motifs is 2. The fourth-order valence-electron chi connectivity index (χ4n) is 3.06. The molecule has 3 nitrogen and oxygen atoms in total. The highest BCUT2D eigenvalue weighted by Gasteiger charge is 2.11. The topological polar surface area (TPSA) is 50.2 Å². The van der Waals surface area contributed by atoms with Gasteiger partial charge >= 0.3 is 5.97 Å². The Kier molecular flexibility index (Phi) is 4.50. The molecule has 0 aliphatic carbocycles. The molecule has 3 aromatic carbocycles. The van der Waals surface area contributed by atoms with Gasteiger partial charge in [0, 0.05) is 6.42 Å². The lowest BCUT2D eigenvalue weighted by Crippen LogP contribution is -1.95. The van der Waals surface area contributed by atoms with E-state index in [1.165, 1.54) is 5.39 Å². The van der Waals surface area contributed by atoms with Crippen LogP contribution >= 0.6 is 11.3 Å². The number of nitrogens with zero attached hydrogens (tertiary/aromatic N) is 1. The van der Waals surface area contributed by atoms with Crippen molar-refractivity contribution in [2.24, 2.45) is 0 Å². The van der Waals surface area contributed by atoms with Crippen molar-refractivity contribution in [1.82, 2.24) is 4.98 Å². The highest BCUT2D eigenvalue weighted by Crippen LogP contribution is 2.32. The molecule has 0 radical (unpaired) electrons. The van der Waals surface area contributed by atoms with E-state index in [0.29, 0.717) is 6.42 Å². The summed E-state index contributed by atoms with van der Waals surface area (Å²) in [5.74, 6) is -0.796. The van der Waals surface area contributed by atoms with Crippen LogP contribution in [0.2, 0.25) is 0 Å². The molecule has 1 aromatic heterocycles. The lowest BCUT2D eigenvalue weighted by atomic mass is 10.0. The fraction of sp³-hybridized carbons (Fsp3) is 0.0909. The van der Waals surface area contributed by atoms with E-state index in [-0.39, 0.29) is 6.42 Å². The fourth-order valence-corrected chi connectivity index (χ4v) is 4.07. The maximum Gasteiger partial charge on any atom is 0.303 e. The van der Waals surface area contributed by atoms with Crippen molar-refractivity contribution in [3.63, 3.8) is 0 Å². The number of benzene rings is 3. The van der Waals surface area contributed by atoms with Crippen molar-refractivity contribution in [1.29, 1.82) is 0 Å². The van der Waals surface area contributed by atoms with Crippen molar-refractivity contribution in [3.05, 3.63) is 77.3 Å². The Morgan fingerprint density at radius 2 is 1.73 bits per heavy atom. The Hall–Kier alpha value is -2.98. The zero-order chi connectivity index (χ0) is 17.9. The molecule has 26 heavy (non-hydrogen) atoms. The smallest absolute Gasteiger partial charge is 0.303 e. The van der Waals surface area contributed by atoms with Gasteiger partial charge in [0.2, 0.25) is 0 Å². The lowest BCUT2D eigenvalue weighted by molar-refractivity contribution is -0.136. The van der Waals surface area contributed by atoms with Gasteiger partial charge in [-0.25, -0.2) is 4.98 Å². The molecule has 0 saturated carbocycles. The summed E-state index contributed by atoms with van der Waals surface area (Å²) in [6.07, 6.45) is 2.63. The molecule has 1 heterocycles. The second-order valence-electron chi connectivity index (χ2n) is 6.12. The van der Waals surface area contributed by atoms with Crippen LogP contribution in [0.25, 0.3) is 32.6 Å². The van der Waals surface area contributed by atoms with Crippen LogP contribution in [0.3, 0.4) is 0 Å². The largest absolute Gasteiger partial charge is 0.481 e. The third kappa shape index (κ3) is 3.37. The summed E-state index contributed by atoms with van der Waals surface area (Å²) in [5.41, 5.74) is 3.00. The quantitative estimate of drug-likeness (QED) is 0.486. The zero-order valence-electron chi connectivity index (χ0n) is 14.1. The second-order valence-corrected chi connectivity index (χ2v) is 7.15. The van der Waals surface area contributed by atoms with Crippen molar-refractivity contribution in [2.45, 2.75) is 12.8 Å². The van der Waals surface area contributed by atoms with Gasteiger partial charge in [0.1, 0.15) is 5.01 Å². The summed E-state index contributed by atoms with van der Waals surface area (Å²) in [6, 6.07) is 22.4. The van der Waals surface area contributed by atoms with E-state index < -0.39 is 5.97 Å². The molecule has 0 bridgehead atoms. The predicted octanol–water partition coefficient (Wildman–Crippen LogP) is 5.85. The minimum atomic E-state index is -0.796. The van der Waals surface area contributed by atoms with Gasteiger partial charge in [-0.1, -0.05) is 54.6 Å². The van der Waals surface area contributed by atoms with Gasteiger partial charge in [0.05, 0.1) is 10.2 Å².